The minimum Gasteiger partial charge on any atom is -0.453 e. The van der Waals surface area contributed by atoms with Gasteiger partial charge in [-0.25, -0.2) is 13.1 Å². The molecule has 142 valence electrons. The van der Waals surface area contributed by atoms with Gasteiger partial charge in [0.05, 0.1) is 4.75 Å². The van der Waals surface area contributed by atoms with Gasteiger partial charge < -0.3 is 14.8 Å². The summed E-state index contributed by atoms with van der Waals surface area (Å²) in [6, 6.07) is 2.08. The molecule has 1 aliphatic rings. The number of anilines is 1. The van der Waals surface area contributed by atoms with Crippen LogP contribution in [-0.2, 0) is 10.0 Å². The molecular weight excluding hydrogens is 340 g/mol. The third kappa shape index (κ3) is 4.79. The molecule has 1 aliphatic heterocycles. The molecule has 0 amide bonds. The van der Waals surface area contributed by atoms with Crippen LogP contribution in [0, 0.1) is 13.8 Å². The molecule has 0 atom stereocenters. The topological polar surface area (TPSA) is 76.7 Å². The van der Waals surface area contributed by atoms with E-state index in [0.29, 0.717) is 6.54 Å². The second kappa shape index (κ2) is 7.83. The van der Waals surface area contributed by atoms with Gasteiger partial charge in [-0.2, -0.15) is 0 Å². The first-order chi connectivity index (χ1) is 11.6. The fourth-order valence-corrected chi connectivity index (χ4v) is 3.47. The summed E-state index contributed by atoms with van der Waals surface area (Å²) in [5.41, 5.74) is 3.20. The zero-order chi connectivity index (χ0) is 18.7. The summed E-state index contributed by atoms with van der Waals surface area (Å²) in [5.74, 6) is 1.67. The average Bonchev–Trinajstić information content (AvgIpc) is 3.00. The van der Waals surface area contributed by atoms with Crippen molar-refractivity contribution in [1.29, 1.82) is 0 Å². The Kier molecular flexibility index (Phi) is 6.21. The molecule has 2 N–H and O–H groups in total. The minimum atomic E-state index is -3.24. The predicted octanol–water partition coefficient (Wildman–Crippen LogP) is 3.33. The lowest BCUT2D eigenvalue weighted by Gasteiger charge is -2.19. The van der Waals surface area contributed by atoms with Gasteiger partial charge in [0.15, 0.2) is 11.5 Å². The van der Waals surface area contributed by atoms with E-state index < -0.39 is 14.8 Å². The maximum atomic E-state index is 11.9. The van der Waals surface area contributed by atoms with Crippen LogP contribution in [0.4, 0.5) is 5.69 Å². The van der Waals surface area contributed by atoms with Crippen molar-refractivity contribution in [1.82, 2.24) is 4.72 Å². The van der Waals surface area contributed by atoms with Crippen LogP contribution in [0.2, 0.25) is 0 Å². The van der Waals surface area contributed by atoms with E-state index in [2.05, 4.69) is 16.1 Å². The lowest BCUT2D eigenvalue weighted by molar-refractivity contribution is 0.173. The quantitative estimate of drug-likeness (QED) is 0.687. The van der Waals surface area contributed by atoms with Crippen LogP contribution in [0.1, 0.15) is 51.2 Å². The molecule has 0 fully saturated rings. The number of ether oxygens (including phenoxy) is 2. The first-order valence-corrected chi connectivity index (χ1v) is 10.2. The van der Waals surface area contributed by atoms with E-state index in [1.165, 1.54) is 0 Å². The molecule has 1 aromatic carbocycles. The van der Waals surface area contributed by atoms with Gasteiger partial charge in [-0.05, 0) is 59.1 Å². The van der Waals surface area contributed by atoms with Crippen LogP contribution in [0.25, 0.3) is 0 Å². The number of benzene rings is 1. The molecule has 0 saturated carbocycles. The number of unbranched alkanes of at least 4 members (excludes halogenated alkanes) is 2. The number of fused-ring (bicyclic) bond motifs is 1. The highest BCUT2D eigenvalue weighted by atomic mass is 32.2. The second-order valence-corrected chi connectivity index (χ2v) is 9.95. The Balaban J connectivity index is 1.72. The van der Waals surface area contributed by atoms with E-state index in [1.807, 2.05) is 13.8 Å². The smallest absolute Gasteiger partial charge is 0.231 e. The van der Waals surface area contributed by atoms with Gasteiger partial charge in [0.2, 0.25) is 16.8 Å². The summed E-state index contributed by atoms with van der Waals surface area (Å²) in [6.45, 7) is 10.8. The Morgan fingerprint density at radius 1 is 1.04 bits per heavy atom. The molecule has 1 aromatic rings. The Labute approximate surface area is 151 Å². The Bertz CT molecular complexity index is 709. The molecule has 0 saturated heterocycles. The lowest BCUT2D eigenvalue weighted by Crippen LogP contribution is -2.39. The van der Waals surface area contributed by atoms with Crippen molar-refractivity contribution in [2.45, 2.75) is 58.6 Å². The number of rotatable bonds is 8. The highest BCUT2D eigenvalue weighted by Gasteiger charge is 2.28. The molecule has 0 aromatic heterocycles. The zero-order valence-corrected chi connectivity index (χ0v) is 16.7. The number of aryl methyl sites for hydroxylation is 1. The Morgan fingerprint density at radius 3 is 2.36 bits per heavy atom. The third-order valence-corrected chi connectivity index (χ3v) is 6.54. The van der Waals surface area contributed by atoms with E-state index in [9.17, 15) is 8.42 Å². The summed E-state index contributed by atoms with van der Waals surface area (Å²) in [7, 11) is -3.24. The van der Waals surface area contributed by atoms with Crippen molar-refractivity contribution >= 4 is 15.7 Å². The van der Waals surface area contributed by atoms with Gasteiger partial charge in [0, 0.05) is 24.3 Å². The summed E-state index contributed by atoms with van der Waals surface area (Å²) in [4.78, 5) is 0. The minimum absolute atomic E-state index is 0.283. The van der Waals surface area contributed by atoms with Gasteiger partial charge in [-0.3, -0.25) is 0 Å². The summed E-state index contributed by atoms with van der Waals surface area (Å²) in [6.07, 6.45) is 2.77. The molecule has 0 radical (unpaired) electrons. The van der Waals surface area contributed by atoms with Crippen LogP contribution in [-0.4, -0.2) is 33.0 Å². The maximum absolute atomic E-state index is 11.9. The van der Waals surface area contributed by atoms with Crippen molar-refractivity contribution in [3.63, 3.8) is 0 Å². The Morgan fingerprint density at radius 2 is 1.68 bits per heavy atom. The van der Waals surface area contributed by atoms with E-state index >= 15 is 0 Å². The SMILES string of the molecule is Cc1cc(NCCCCCNS(=O)(=O)C(C)(C)C)c(C)c2c1OCO2. The number of hydrogen-bond donors (Lipinski definition) is 2. The zero-order valence-electron chi connectivity index (χ0n) is 15.9. The molecule has 2 rings (SSSR count). The van der Waals surface area contributed by atoms with Gasteiger partial charge in [0.1, 0.15) is 0 Å². The van der Waals surface area contributed by atoms with Gasteiger partial charge in [-0.15, -0.1) is 0 Å². The Hall–Kier alpha value is -1.47. The number of nitrogens with one attached hydrogen (secondary N) is 2. The second-order valence-electron chi connectivity index (χ2n) is 7.43. The average molecular weight is 371 g/mol. The standard InChI is InChI=1S/C18H30N2O4S/c1-13-11-15(14(2)17-16(13)23-12-24-17)19-9-7-6-8-10-20-25(21,22)18(3,4)5/h11,19-20H,6-10,12H2,1-5H3. The van der Waals surface area contributed by atoms with E-state index in [0.717, 1.165) is 54.1 Å². The summed E-state index contributed by atoms with van der Waals surface area (Å²) >= 11 is 0. The highest BCUT2D eigenvalue weighted by Crippen LogP contribution is 2.42. The van der Waals surface area contributed by atoms with Crippen LogP contribution in [0.3, 0.4) is 0 Å². The van der Waals surface area contributed by atoms with E-state index in [1.54, 1.807) is 20.8 Å². The first kappa shape index (κ1) is 19.8. The first-order valence-electron chi connectivity index (χ1n) is 8.76. The van der Waals surface area contributed by atoms with E-state index in [-0.39, 0.29) is 6.79 Å². The van der Waals surface area contributed by atoms with Crippen LogP contribution in [0.5, 0.6) is 11.5 Å². The number of sulfonamides is 1. The molecule has 0 unspecified atom stereocenters. The van der Waals surface area contributed by atoms with Crippen molar-refractivity contribution < 1.29 is 17.9 Å². The fraction of sp³-hybridized carbons (Fsp3) is 0.667. The van der Waals surface area contributed by atoms with Crippen LogP contribution >= 0.6 is 0 Å². The molecule has 0 aliphatic carbocycles. The third-order valence-electron chi connectivity index (χ3n) is 4.34. The highest BCUT2D eigenvalue weighted by molar-refractivity contribution is 7.90. The van der Waals surface area contributed by atoms with Gasteiger partial charge in [-0.1, -0.05) is 6.42 Å². The predicted molar refractivity (Wildman–Crippen MR) is 101 cm³/mol. The molecule has 0 bridgehead atoms. The van der Waals surface area contributed by atoms with Crippen LogP contribution in [0.15, 0.2) is 6.07 Å². The normalized spacial score (nSPS) is 14.0. The van der Waals surface area contributed by atoms with Crippen molar-refractivity contribution in [2.24, 2.45) is 0 Å². The molecule has 25 heavy (non-hydrogen) atoms. The van der Waals surface area contributed by atoms with Crippen molar-refractivity contribution in [3.05, 3.63) is 17.2 Å². The molecule has 7 heteroatoms. The molecule has 6 nitrogen and oxygen atoms in total. The summed E-state index contributed by atoms with van der Waals surface area (Å²) < 4.78 is 36.8. The monoisotopic (exact) mass is 370 g/mol. The summed E-state index contributed by atoms with van der Waals surface area (Å²) in [5, 5.41) is 3.44. The lowest BCUT2D eigenvalue weighted by atomic mass is 10.1. The molecule has 1 heterocycles. The largest absolute Gasteiger partial charge is 0.453 e. The van der Waals surface area contributed by atoms with Crippen molar-refractivity contribution in [3.8, 4) is 11.5 Å². The van der Waals surface area contributed by atoms with E-state index in [4.69, 9.17) is 9.47 Å². The molecule has 0 spiro atoms. The fourth-order valence-electron chi connectivity index (χ4n) is 2.62. The van der Waals surface area contributed by atoms with Crippen LogP contribution < -0.4 is 19.5 Å². The van der Waals surface area contributed by atoms with Gasteiger partial charge in [0.25, 0.3) is 0 Å². The van der Waals surface area contributed by atoms with Gasteiger partial charge >= 0.3 is 0 Å². The maximum Gasteiger partial charge on any atom is 0.231 e. The molecular formula is C18H30N2O4S. The van der Waals surface area contributed by atoms with Crippen molar-refractivity contribution in [2.75, 3.05) is 25.2 Å². The number of hydrogen-bond acceptors (Lipinski definition) is 5.